The number of hydrogen-bond acceptors (Lipinski definition) is 3. The van der Waals surface area contributed by atoms with Gasteiger partial charge in [0, 0.05) is 9.75 Å². The first-order valence-electron chi connectivity index (χ1n) is 4.24. The molecule has 0 radical (unpaired) electrons. The molecule has 1 aromatic rings. The van der Waals surface area contributed by atoms with Crippen molar-refractivity contribution in [2.24, 2.45) is 5.73 Å². The van der Waals surface area contributed by atoms with Crippen LogP contribution in [-0.4, -0.2) is 12.5 Å². The normalized spacial score (nSPS) is 12.8. The minimum Gasteiger partial charge on any atom is -0.368 e. The summed E-state index contributed by atoms with van der Waals surface area (Å²) >= 11 is 1.60. The highest BCUT2D eigenvalue weighted by Gasteiger charge is 2.17. The molecule has 1 unspecified atom stereocenters. The van der Waals surface area contributed by atoms with E-state index in [4.69, 9.17) is 5.73 Å². The van der Waals surface area contributed by atoms with E-state index >= 15 is 0 Å². The number of carbonyl (C=O) groups is 1. The smallest absolute Gasteiger partial charge is 0.239 e. The van der Waals surface area contributed by atoms with Crippen molar-refractivity contribution >= 4 is 17.2 Å². The zero-order valence-electron chi connectivity index (χ0n) is 7.83. The number of nitrogens with two attached hydrogens (primary N) is 1. The van der Waals surface area contributed by atoms with Crippen molar-refractivity contribution in [2.75, 3.05) is 6.54 Å². The SMILES string of the molecule is CCNC(C(N)=O)c1ccc(C)s1. The Hall–Kier alpha value is -0.870. The number of carbonyl (C=O) groups excluding carboxylic acids is 1. The third-order valence-electron chi connectivity index (χ3n) is 1.74. The monoisotopic (exact) mass is 198 g/mol. The van der Waals surface area contributed by atoms with Crippen molar-refractivity contribution < 1.29 is 4.79 Å². The van der Waals surface area contributed by atoms with Gasteiger partial charge in [-0.15, -0.1) is 11.3 Å². The molecule has 1 atom stereocenters. The number of hydrogen-bond donors (Lipinski definition) is 2. The van der Waals surface area contributed by atoms with Crippen molar-refractivity contribution in [1.82, 2.24) is 5.32 Å². The van der Waals surface area contributed by atoms with Crippen LogP contribution in [0.25, 0.3) is 0 Å². The Morgan fingerprint density at radius 3 is 2.77 bits per heavy atom. The van der Waals surface area contributed by atoms with Crippen LogP contribution >= 0.6 is 11.3 Å². The van der Waals surface area contributed by atoms with Gasteiger partial charge in [0.05, 0.1) is 0 Å². The van der Waals surface area contributed by atoms with E-state index in [0.29, 0.717) is 0 Å². The van der Waals surface area contributed by atoms with Gasteiger partial charge in [0.1, 0.15) is 6.04 Å². The molecule has 3 nitrogen and oxygen atoms in total. The fourth-order valence-corrected chi connectivity index (χ4v) is 2.12. The molecule has 0 aromatic carbocycles. The summed E-state index contributed by atoms with van der Waals surface area (Å²) in [4.78, 5) is 13.3. The van der Waals surface area contributed by atoms with Crippen molar-refractivity contribution in [3.63, 3.8) is 0 Å². The topological polar surface area (TPSA) is 55.1 Å². The highest BCUT2D eigenvalue weighted by atomic mass is 32.1. The lowest BCUT2D eigenvalue weighted by atomic mass is 10.2. The van der Waals surface area contributed by atoms with Crippen LogP contribution in [0.1, 0.15) is 22.7 Å². The summed E-state index contributed by atoms with van der Waals surface area (Å²) in [7, 11) is 0. The van der Waals surface area contributed by atoms with Crippen LogP contribution in [0.3, 0.4) is 0 Å². The van der Waals surface area contributed by atoms with E-state index in [0.717, 1.165) is 11.4 Å². The van der Waals surface area contributed by atoms with E-state index in [1.54, 1.807) is 11.3 Å². The summed E-state index contributed by atoms with van der Waals surface area (Å²) in [6, 6.07) is 3.61. The van der Waals surface area contributed by atoms with Gasteiger partial charge >= 0.3 is 0 Å². The molecule has 0 bridgehead atoms. The van der Waals surface area contributed by atoms with Gasteiger partial charge in [-0.1, -0.05) is 6.92 Å². The summed E-state index contributed by atoms with van der Waals surface area (Å²) in [6.45, 7) is 4.71. The summed E-state index contributed by atoms with van der Waals surface area (Å²) in [5, 5.41) is 3.05. The Kier molecular flexibility index (Phi) is 3.45. The number of aryl methyl sites for hydroxylation is 1. The van der Waals surface area contributed by atoms with E-state index in [2.05, 4.69) is 5.32 Å². The number of likely N-dealkylation sites (N-methyl/N-ethyl adjacent to an activating group) is 1. The quantitative estimate of drug-likeness (QED) is 0.763. The lowest BCUT2D eigenvalue weighted by Gasteiger charge is -2.11. The summed E-state index contributed by atoms with van der Waals surface area (Å²) in [6.07, 6.45) is 0. The maximum Gasteiger partial charge on any atom is 0.239 e. The van der Waals surface area contributed by atoms with E-state index < -0.39 is 0 Å². The van der Waals surface area contributed by atoms with Crippen molar-refractivity contribution in [1.29, 1.82) is 0 Å². The molecule has 4 heteroatoms. The molecule has 1 amide bonds. The Labute approximate surface area is 81.9 Å². The molecule has 0 saturated heterocycles. The average molecular weight is 198 g/mol. The first kappa shape index (κ1) is 10.2. The summed E-state index contributed by atoms with van der Waals surface area (Å²) in [5.74, 6) is -0.316. The first-order chi connectivity index (χ1) is 6.15. The Morgan fingerprint density at radius 2 is 2.38 bits per heavy atom. The number of nitrogens with one attached hydrogen (secondary N) is 1. The molecule has 0 fully saturated rings. The molecule has 0 aliphatic rings. The molecule has 13 heavy (non-hydrogen) atoms. The Bertz CT molecular complexity index is 296. The molecule has 0 aliphatic heterocycles. The van der Waals surface area contributed by atoms with Crippen LogP contribution in [-0.2, 0) is 4.79 Å². The molecule has 0 spiro atoms. The number of thiophene rings is 1. The highest BCUT2D eigenvalue weighted by Crippen LogP contribution is 2.22. The maximum atomic E-state index is 11.1. The van der Waals surface area contributed by atoms with E-state index in [1.807, 2.05) is 26.0 Å². The fourth-order valence-electron chi connectivity index (χ4n) is 1.15. The third kappa shape index (κ3) is 2.54. The number of primary amides is 1. The predicted octanol–water partition coefficient (Wildman–Crippen LogP) is 1.19. The van der Waals surface area contributed by atoms with Gasteiger partial charge in [-0.2, -0.15) is 0 Å². The van der Waals surface area contributed by atoms with Crippen LogP contribution in [0.5, 0.6) is 0 Å². The second kappa shape index (κ2) is 4.39. The van der Waals surface area contributed by atoms with Crippen LogP contribution in [0.4, 0.5) is 0 Å². The first-order valence-corrected chi connectivity index (χ1v) is 5.05. The van der Waals surface area contributed by atoms with Crippen molar-refractivity contribution in [3.05, 3.63) is 21.9 Å². The number of rotatable bonds is 4. The largest absolute Gasteiger partial charge is 0.368 e. The zero-order valence-corrected chi connectivity index (χ0v) is 8.65. The van der Waals surface area contributed by atoms with E-state index in [-0.39, 0.29) is 11.9 Å². The van der Waals surface area contributed by atoms with Gasteiger partial charge in [-0.3, -0.25) is 4.79 Å². The second-order valence-corrected chi connectivity index (χ2v) is 4.16. The summed E-state index contributed by atoms with van der Waals surface area (Å²) in [5.41, 5.74) is 5.27. The lowest BCUT2D eigenvalue weighted by Crippen LogP contribution is -2.32. The summed E-state index contributed by atoms with van der Waals surface area (Å²) < 4.78 is 0. The Balaban J connectivity index is 2.81. The van der Waals surface area contributed by atoms with Crippen LogP contribution in [0.2, 0.25) is 0 Å². The van der Waals surface area contributed by atoms with Gasteiger partial charge in [0.25, 0.3) is 0 Å². The van der Waals surface area contributed by atoms with E-state index in [9.17, 15) is 4.79 Å². The zero-order chi connectivity index (χ0) is 9.84. The highest BCUT2D eigenvalue weighted by molar-refractivity contribution is 7.12. The van der Waals surface area contributed by atoms with Gasteiger partial charge < -0.3 is 11.1 Å². The molecule has 1 heterocycles. The molecule has 3 N–H and O–H groups in total. The average Bonchev–Trinajstić information content (AvgIpc) is 2.46. The molecular weight excluding hydrogens is 184 g/mol. The predicted molar refractivity (Wildman–Crippen MR) is 54.7 cm³/mol. The van der Waals surface area contributed by atoms with Crippen molar-refractivity contribution in [2.45, 2.75) is 19.9 Å². The third-order valence-corrected chi connectivity index (χ3v) is 2.80. The standard InChI is InChI=1S/C9H14N2OS/c1-3-11-8(9(10)12)7-5-4-6(2)13-7/h4-5,8,11H,3H2,1-2H3,(H2,10,12). The fraction of sp³-hybridized carbons (Fsp3) is 0.444. The Morgan fingerprint density at radius 1 is 1.69 bits per heavy atom. The van der Waals surface area contributed by atoms with Gasteiger partial charge in [-0.25, -0.2) is 0 Å². The maximum absolute atomic E-state index is 11.1. The minimum absolute atomic E-state index is 0.316. The van der Waals surface area contributed by atoms with Crippen LogP contribution < -0.4 is 11.1 Å². The molecule has 0 saturated carbocycles. The van der Waals surface area contributed by atoms with Crippen molar-refractivity contribution in [3.8, 4) is 0 Å². The minimum atomic E-state index is -0.330. The van der Waals surface area contributed by atoms with Gasteiger partial charge in [-0.05, 0) is 25.6 Å². The molecule has 1 rings (SSSR count). The molecular formula is C9H14N2OS. The van der Waals surface area contributed by atoms with Crippen LogP contribution in [0.15, 0.2) is 12.1 Å². The second-order valence-electron chi connectivity index (χ2n) is 2.84. The van der Waals surface area contributed by atoms with Crippen LogP contribution in [0, 0.1) is 6.92 Å². The lowest BCUT2D eigenvalue weighted by molar-refractivity contribution is -0.120. The molecule has 1 aromatic heterocycles. The van der Waals surface area contributed by atoms with Gasteiger partial charge in [0.2, 0.25) is 5.91 Å². The van der Waals surface area contributed by atoms with E-state index in [1.165, 1.54) is 4.88 Å². The molecule has 72 valence electrons. The molecule has 0 aliphatic carbocycles. The van der Waals surface area contributed by atoms with Gasteiger partial charge in [0.15, 0.2) is 0 Å². The number of amides is 1.